The topological polar surface area (TPSA) is 183 Å². The summed E-state index contributed by atoms with van der Waals surface area (Å²) >= 11 is 0. The number of aliphatic hydroxyl groups excluding tert-OH is 2. The van der Waals surface area contributed by atoms with Crippen molar-refractivity contribution in [2.24, 2.45) is 0 Å². The van der Waals surface area contributed by atoms with Crippen LogP contribution in [-0.4, -0.2) is 109 Å². The summed E-state index contributed by atoms with van der Waals surface area (Å²) < 4.78 is 46.7. The van der Waals surface area contributed by atoms with Crippen molar-refractivity contribution in [1.29, 1.82) is 0 Å². The molecule has 10 unspecified atom stereocenters. The van der Waals surface area contributed by atoms with Gasteiger partial charge in [0, 0.05) is 33.8 Å². The van der Waals surface area contributed by atoms with Crippen LogP contribution in [0.2, 0.25) is 0 Å². The molecular weight excluding hydrogens is 825 g/mol. The van der Waals surface area contributed by atoms with E-state index in [0.29, 0.717) is 12.8 Å². The lowest BCUT2D eigenvalue weighted by atomic mass is 9.97. The number of aliphatic hydroxyl groups is 2. The highest BCUT2D eigenvalue weighted by atomic mass is 16.8. The first-order chi connectivity index (χ1) is 30.9. The number of hydrogen-bond acceptors (Lipinski definition) is 14. The van der Waals surface area contributed by atoms with Gasteiger partial charge in [0.2, 0.25) is 0 Å². The van der Waals surface area contributed by atoms with E-state index in [4.69, 9.17) is 37.9 Å². The van der Waals surface area contributed by atoms with Crippen molar-refractivity contribution in [1.82, 2.24) is 0 Å². The fraction of sp³-hybridized carbons (Fsp3) is 0.920. The van der Waals surface area contributed by atoms with Crippen molar-refractivity contribution in [3.8, 4) is 0 Å². The third-order valence-corrected chi connectivity index (χ3v) is 12.2. The summed E-state index contributed by atoms with van der Waals surface area (Å²) in [6.45, 7) is 9.48. The Morgan fingerprint density at radius 2 is 0.875 bits per heavy atom. The summed E-state index contributed by atoms with van der Waals surface area (Å²) in [5.41, 5.74) is 0. The van der Waals surface area contributed by atoms with Crippen molar-refractivity contribution in [2.75, 3.05) is 13.2 Å². The Labute approximate surface area is 386 Å². The SMILES string of the molecule is CCCCCCCCCCCCCCCCOC1OC(COC(=O)CCCCCCCCCCCCCCC)C(O)C(O)C1OC1OC(C)C(OC(C)=O)C(OC(C)=O)C1OC(C)=O. The number of unbranched alkanes of at least 4 members (excludes halogenated alkanes) is 25. The van der Waals surface area contributed by atoms with E-state index in [2.05, 4.69) is 13.8 Å². The van der Waals surface area contributed by atoms with Crippen LogP contribution >= 0.6 is 0 Å². The summed E-state index contributed by atoms with van der Waals surface area (Å²) in [7, 11) is 0. The van der Waals surface area contributed by atoms with Gasteiger partial charge in [-0.1, -0.05) is 174 Å². The van der Waals surface area contributed by atoms with Crippen LogP contribution in [0.15, 0.2) is 0 Å². The van der Waals surface area contributed by atoms with E-state index >= 15 is 0 Å². The summed E-state index contributed by atoms with van der Waals surface area (Å²) in [6.07, 6.45) is 19.2. The summed E-state index contributed by atoms with van der Waals surface area (Å²) in [5.74, 6) is -2.59. The van der Waals surface area contributed by atoms with Crippen molar-refractivity contribution in [3.63, 3.8) is 0 Å². The smallest absolute Gasteiger partial charge is 0.305 e. The molecule has 0 spiro atoms. The Balaban J connectivity index is 1.98. The molecule has 2 fully saturated rings. The predicted octanol–water partition coefficient (Wildman–Crippen LogP) is 9.88. The molecule has 2 saturated heterocycles. The summed E-state index contributed by atoms with van der Waals surface area (Å²) in [6, 6.07) is 0. The molecule has 0 amide bonds. The minimum absolute atomic E-state index is 0.237. The van der Waals surface area contributed by atoms with E-state index in [1.54, 1.807) is 6.92 Å². The van der Waals surface area contributed by atoms with Gasteiger partial charge < -0.3 is 48.1 Å². The van der Waals surface area contributed by atoms with E-state index in [1.807, 2.05) is 0 Å². The van der Waals surface area contributed by atoms with Crippen LogP contribution < -0.4 is 0 Å². The number of ether oxygens (including phenoxy) is 8. The molecule has 14 heteroatoms. The van der Waals surface area contributed by atoms with Crippen molar-refractivity contribution >= 4 is 23.9 Å². The van der Waals surface area contributed by atoms with Gasteiger partial charge in [-0.05, 0) is 19.8 Å². The predicted molar refractivity (Wildman–Crippen MR) is 244 cm³/mol. The third-order valence-electron chi connectivity index (χ3n) is 12.2. The fourth-order valence-electron chi connectivity index (χ4n) is 8.59. The standard InChI is InChI=1S/C50H90O14/c1-7-9-11-13-15-17-19-21-23-25-27-29-31-33-35-57-49-46(64-50-48(62-40(6)53)47(61-39(5)52)45(37(3)59-50)60-38(4)51)44(56)43(55)41(63-49)36-58-42(54)34-32-30-28-26-24-22-20-18-16-14-12-10-8-2/h37,41,43-50,55-56H,7-36H2,1-6H3. The van der Waals surface area contributed by atoms with Crippen LogP contribution in [0.4, 0.5) is 0 Å². The highest BCUT2D eigenvalue weighted by molar-refractivity contribution is 5.69. The second kappa shape index (κ2) is 35.8. The van der Waals surface area contributed by atoms with E-state index < -0.39 is 85.3 Å². The largest absolute Gasteiger partial charge is 0.463 e. The lowest BCUT2D eigenvalue weighted by Crippen LogP contribution is -2.65. The molecule has 0 aromatic rings. The molecule has 2 N–H and O–H groups in total. The maximum Gasteiger partial charge on any atom is 0.305 e. The van der Waals surface area contributed by atoms with E-state index in [1.165, 1.54) is 129 Å². The molecule has 0 bridgehead atoms. The molecule has 14 nitrogen and oxygen atoms in total. The number of carbonyl (C=O) groups excluding carboxylic acids is 4. The number of carbonyl (C=O) groups is 4. The van der Waals surface area contributed by atoms with Crippen molar-refractivity contribution in [2.45, 2.75) is 283 Å². The second-order valence-electron chi connectivity index (χ2n) is 18.2. The maximum absolute atomic E-state index is 12.8. The first kappa shape index (κ1) is 57.8. The van der Waals surface area contributed by atoms with Gasteiger partial charge in [-0.2, -0.15) is 0 Å². The average Bonchev–Trinajstić information content (AvgIpc) is 3.25. The van der Waals surface area contributed by atoms with Crippen LogP contribution in [-0.2, 0) is 57.1 Å². The Hall–Kier alpha value is -2.36. The monoisotopic (exact) mass is 915 g/mol. The maximum atomic E-state index is 12.8. The molecule has 374 valence electrons. The summed E-state index contributed by atoms with van der Waals surface area (Å²) in [5, 5.41) is 22.8. The van der Waals surface area contributed by atoms with Crippen molar-refractivity contribution < 1.29 is 67.3 Å². The zero-order valence-corrected chi connectivity index (χ0v) is 40.8. The van der Waals surface area contributed by atoms with Gasteiger partial charge in [0.05, 0.1) is 6.10 Å². The van der Waals surface area contributed by atoms with Crippen LogP contribution in [0.5, 0.6) is 0 Å². The van der Waals surface area contributed by atoms with Gasteiger partial charge in [-0.15, -0.1) is 0 Å². The third kappa shape index (κ3) is 25.0. The quantitative estimate of drug-likeness (QED) is 0.0341. The van der Waals surface area contributed by atoms with E-state index in [0.717, 1.165) is 52.4 Å². The number of esters is 4. The van der Waals surface area contributed by atoms with Gasteiger partial charge in [0.1, 0.15) is 31.0 Å². The normalized spacial score (nSPS) is 25.8. The Morgan fingerprint density at radius 3 is 1.33 bits per heavy atom. The van der Waals surface area contributed by atoms with E-state index in [9.17, 15) is 29.4 Å². The highest BCUT2D eigenvalue weighted by Crippen LogP contribution is 2.34. The minimum Gasteiger partial charge on any atom is -0.463 e. The van der Waals surface area contributed by atoms with Crippen LogP contribution in [0.1, 0.15) is 221 Å². The zero-order valence-electron chi connectivity index (χ0n) is 40.8. The Morgan fingerprint density at radius 1 is 0.469 bits per heavy atom. The van der Waals surface area contributed by atoms with Gasteiger partial charge >= 0.3 is 23.9 Å². The Bertz CT molecular complexity index is 1230. The molecule has 2 aliphatic heterocycles. The molecule has 2 rings (SSSR count). The molecule has 2 heterocycles. The molecule has 0 saturated carbocycles. The molecule has 0 aromatic heterocycles. The Kier molecular flexibility index (Phi) is 32.3. The lowest BCUT2D eigenvalue weighted by Gasteiger charge is -2.47. The van der Waals surface area contributed by atoms with Crippen LogP contribution in [0, 0.1) is 0 Å². The fourth-order valence-corrected chi connectivity index (χ4v) is 8.59. The van der Waals surface area contributed by atoms with Gasteiger partial charge in [0.25, 0.3) is 0 Å². The number of hydrogen-bond donors (Lipinski definition) is 2. The van der Waals surface area contributed by atoms with Gasteiger partial charge in [-0.25, -0.2) is 0 Å². The molecule has 64 heavy (non-hydrogen) atoms. The first-order valence-electron chi connectivity index (χ1n) is 25.5. The second-order valence-corrected chi connectivity index (χ2v) is 18.2. The molecular formula is C50H90O14. The average molecular weight is 915 g/mol. The lowest BCUT2D eigenvalue weighted by molar-refractivity contribution is -0.365. The summed E-state index contributed by atoms with van der Waals surface area (Å²) in [4.78, 5) is 49.3. The molecule has 0 aliphatic carbocycles. The molecule has 0 radical (unpaired) electrons. The molecule has 10 atom stereocenters. The minimum atomic E-state index is -1.63. The number of rotatable bonds is 37. The van der Waals surface area contributed by atoms with Crippen molar-refractivity contribution in [3.05, 3.63) is 0 Å². The molecule has 0 aromatic carbocycles. The van der Waals surface area contributed by atoms with Gasteiger partial charge in [-0.3, -0.25) is 19.2 Å². The van der Waals surface area contributed by atoms with Gasteiger partial charge in [0.15, 0.2) is 30.9 Å². The molecule has 2 aliphatic rings. The first-order valence-corrected chi connectivity index (χ1v) is 25.5. The zero-order chi connectivity index (χ0) is 47.0. The van der Waals surface area contributed by atoms with Crippen LogP contribution in [0.3, 0.4) is 0 Å². The van der Waals surface area contributed by atoms with E-state index in [-0.39, 0.29) is 19.6 Å². The highest BCUT2D eigenvalue weighted by Gasteiger charge is 2.54. The van der Waals surface area contributed by atoms with Crippen LogP contribution in [0.25, 0.3) is 0 Å².